The molecule has 0 spiro atoms. The van der Waals surface area contributed by atoms with Gasteiger partial charge in [0.2, 0.25) is 0 Å². The SMILES string of the molecule is COC(=O)CC(NC(=O)c1cccc(C)c1)c1ccc(OC)c(OC)c1. The maximum Gasteiger partial charge on any atom is 0.307 e. The Labute approximate surface area is 153 Å². The molecule has 0 aliphatic rings. The minimum Gasteiger partial charge on any atom is -0.493 e. The predicted octanol–water partition coefficient (Wildman–Crippen LogP) is 3.05. The van der Waals surface area contributed by atoms with Gasteiger partial charge < -0.3 is 19.5 Å². The van der Waals surface area contributed by atoms with Crippen LogP contribution in [0.5, 0.6) is 11.5 Å². The zero-order valence-corrected chi connectivity index (χ0v) is 15.4. The molecule has 0 saturated heterocycles. The summed E-state index contributed by atoms with van der Waals surface area (Å²) in [6.45, 7) is 1.91. The summed E-state index contributed by atoms with van der Waals surface area (Å²) in [6.07, 6.45) is 0.00351. The Balaban J connectivity index is 2.31. The van der Waals surface area contributed by atoms with Crippen molar-refractivity contribution >= 4 is 11.9 Å². The van der Waals surface area contributed by atoms with E-state index in [9.17, 15) is 9.59 Å². The van der Waals surface area contributed by atoms with Crippen LogP contribution in [-0.4, -0.2) is 33.2 Å². The van der Waals surface area contributed by atoms with E-state index in [0.29, 0.717) is 22.6 Å². The molecular weight excluding hydrogens is 334 g/mol. The summed E-state index contributed by atoms with van der Waals surface area (Å²) in [5.74, 6) is 0.398. The molecule has 2 aromatic rings. The molecule has 0 saturated carbocycles. The highest BCUT2D eigenvalue weighted by molar-refractivity contribution is 5.94. The molecule has 6 nitrogen and oxygen atoms in total. The standard InChI is InChI=1S/C20H23NO5/c1-13-6-5-7-15(10-13)20(23)21-16(12-19(22)26-4)14-8-9-17(24-2)18(11-14)25-3/h5-11,16H,12H2,1-4H3,(H,21,23). The summed E-state index contributed by atoms with van der Waals surface area (Å²) in [7, 11) is 4.39. The fourth-order valence-electron chi connectivity index (χ4n) is 2.60. The van der Waals surface area contributed by atoms with E-state index in [-0.39, 0.29) is 12.3 Å². The quantitative estimate of drug-likeness (QED) is 0.771. The second kappa shape index (κ2) is 8.89. The van der Waals surface area contributed by atoms with E-state index in [4.69, 9.17) is 14.2 Å². The van der Waals surface area contributed by atoms with Gasteiger partial charge in [-0.3, -0.25) is 9.59 Å². The topological polar surface area (TPSA) is 73.9 Å². The van der Waals surface area contributed by atoms with Gasteiger partial charge in [0.05, 0.1) is 33.8 Å². The van der Waals surface area contributed by atoms with Crippen LogP contribution in [0.25, 0.3) is 0 Å². The van der Waals surface area contributed by atoms with Gasteiger partial charge in [-0.25, -0.2) is 0 Å². The second-order valence-electron chi connectivity index (χ2n) is 5.79. The first-order valence-corrected chi connectivity index (χ1v) is 8.14. The first-order chi connectivity index (χ1) is 12.5. The minimum atomic E-state index is -0.560. The van der Waals surface area contributed by atoms with Crippen LogP contribution in [0.15, 0.2) is 42.5 Å². The first-order valence-electron chi connectivity index (χ1n) is 8.14. The van der Waals surface area contributed by atoms with E-state index >= 15 is 0 Å². The number of methoxy groups -OCH3 is 3. The summed E-state index contributed by atoms with van der Waals surface area (Å²) < 4.78 is 15.3. The Morgan fingerprint density at radius 3 is 2.35 bits per heavy atom. The van der Waals surface area contributed by atoms with Crippen molar-refractivity contribution in [2.24, 2.45) is 0 Å². The molecule has 0 fully saturated rings. The number of benzene rings is 2. The third kappa shape index (κ3) is 4.75. The highest BCUT2D eigenvalue weighted by Gasteiger charge is 2.21. The zero-order chi connectivity index (χ0) is 19.1. The van der Waals surface area contributed by atoms with Gasteiger partial charge in [0.1, 0.15) is 0 Å². The molecule has 26 heavy (non-hydrogen) atoms. The Kier molecular flexibility index (Phi) is 6.60. The fraction of sp³-hybridized carbons (Fsp3) is 0.300. The van der Waals surface area contributed by atoms with Gasteiger partial charge in [-0.2, -0.15) is 0 Å². The van der Waals surface area contributed by atoms with Gasteiger partial charge in [0.15, 0.2) is 11.5 Å². The van der Waals surface area contributed by atoms with Crippen molar-refractivity contribution in [3.05, 3.63) is 59.2 Å². The highest BCUT2D eigenvalue weighted by Crippen LogP contribution is 2.31. The van der Waals surface area contributed by atoms with Gasteiger partial charge in [-0.1, -0.05) is 23.8 Å². The number of aryl methyl sites for hydroxylation is 1. The van der Waals surface area contributed by atoms with Gasteiger partial charge in [-0.15, -0.1) is 0 Å². The Hall–Kier alpha value is -3.02. The van der Waals surface area contributed by atoms with E-state index in [0.717, 1.165) is 5.56 Å². The maximum atomic E-state index is 12.6. The number of nitrogens with one attached hydrogen (secondary N) is 1. The van der Waals surface area contributed by atoms with Gasteiger partial charge in [0, 0.05) is 5.56 Å². The van der Waals surface area contributed by atoms with Crippen LogP contribution in [0.2, 0.25) is 0 Å². The molecule has 6 heteroatoms. The number of carbonyl (C=O) groups excluding carboxylic acids is 2. The lowest BCUT2D eigenvalue weighted by molar-refractivity contribution is -0.141. The van der Waals surface area contributed by atoms with Crippen LogP contribution in [-0.2, 0) is 9.53 Å². The van der Waals surface area contributed by atoms with Crippen LogP contribution in [0.3, 0.4) is 0 Å². The predicted molar refractivity (Wildman–Crippen MR) is 97.6 cm³/mol. The van der Waals surface area contributed by atoms with E-state index in [2.05, 4.69) is 5.32 Å². The maximum absolute atomic E-state index is 12.6. The number of esters is 1. The molecule has 0 aliphatic heterocycles. The third-order valence-corrected chi connectivity index (χ3v) is 3.99. The third-order valence-electron chi connectivity index (χ3n) is 3.99. The average molecular weight is 357 g/mol. The smallest absolute Gasteiger partial charge is 0.307 e. The summed E-state index contributed by atoms with van der Waals surface area (Å²) in [5.41, 5.74) is 2.22. The van der Waals surface area contributed by atoms with Crippen molar-refractivity contribution in [3.8, 4) is 11.5 Å². The highest BCUT2D eigenvalue weighted by atomic mass is 16.5. The van der Waals surface area contributed by atoms with E-state index < -0.39 is 12.0 Å². The van der Waals surface area contributed by atoms with E-state index in [1.165, 1.54) is 14.2 Å². The Morgan fingerprint density at radius 1 is 1.00 bits per heavy atom. The normalized spacial score (nSPS) is 11.4. The van der Waals surface area contributed by atoms with Crippen LogP contribution in [0, 0.1) is 6.92 Å². The average Bonchev–Trinajstić information content (AvgIpc) is 2.66. The molecule has 138 valence electrons. The summed E-state index contributed by atoms with van der Waals surface area (Å²) in [6, 6.07) is 11.9. The molecule has 1 amide bonds. The van der Waals surface area contributed by atoms with Crippen molar-refractivity contribution in [2.75, 3.05) is 21.3 Å². The number of carbonyl (C=O) groups is 2. The Morgan fingerprint density at radius 2 is 1.73 bits per heavy atom. The largest absolute Gasteiger partial charge is 0.493 e. The van der Waals surface area contributed by atoms with Crippen LogP contribution in [0.4, 0.5) is 0 Å². The Bertz CT molecular complexity index is 788. The number of ether oxygens (including phenoxy) is 3. The van der Waals surface area contributed by atoms with Crippen LogP contribution >= 0.6 is 0 Å². The molecule has 2 aromatic carbocycles. The number of rotatable bonds is 7. The van der Waals surface area contributed by atoms with E-state index in [1.807, 2.05) is 19.1 Å². The number of hydrogen-bond acceptors (Lipinski definition) is 5. The van der Waals surface area contributed by atoms with E-state index in [1.54, 1.807) is 37.4 Å². The minimum absolute atomic E-state index is 0.00351. The lowest BCUT2D eigenvalue weighted by Gasteiger charge is -2.20. The number of amides is 1. The molecule has 1 unspecified atom stereocenters. The summed E-state index contributed by atoms with van der Waals surface area (Å²) in [4.78, 5) is 24.4. The fourth-order valence-corrected chi connectivity index (χ4v) is 2.60. The van der Waals surface area contributed by atoms with Crippen molar-refractivity contribution in [3.63, 3.8) is 0 Å². The van der Waals surface area contributed by atoms with Crippen molar-refractivity contribution in [1.29, 1.82) is 0 Å². The molecule has 0 aromatic heterocycles. The van der Waals surface area contributed by atoms with Crippen LogP contribution in [0.1, 0.15) is 33.9 Å². The van der Waals surface area contributed by atoms with Gasteiger partial charge >= 0.3 is 5.97 Å². The molecule has 0 aliphatic carbocycles. The molecule has 2 rings (SSSR count). The first kappa shape index (κ1) is 19.3. The molecule has 0 bridgehead atoms. The number of hydrogen-bond donors (Lipinski definition) is 1. The monoisotopic (exact) mass is 357 g/mol. The van der Waals surface area contributed by atoms with Crippen molar-refractivity contribution < 1.29 is 23.8 Å². The molecule has 0 radical (unpaired) electrons. The van der Waals surface area contributed by atoms with Crippen molar-refractivity contribution in [2.45, 2.75) is 19.4 Å². The molecular formula is C20H23NO5. The van der Waals surface area contributed by atoms with Gasteiger partial charge in [-0.05, 0) is 36.8 Å². The molecule has 0 heterocycles. The molecule has 1 atom stereocenters. The summed E-state index contributed by atoms with van der Waals surface area (Å²) >= 11 is 0. The lowest BCUT2D eigenvalue weighted by atomic mass is 10.0. The molecule has 1 N–H and O–H groups in total. The summed E-state index contributed by atoms with van der Waals surface area (Å²) in [5, 5.41) is 2.89. The zero-order valence-electron chi connectivity index (χ0n) is 15.4. The van der Waals surface area contributed by atoms with Crippen LogP contribution < -0.4 is 14.8 Å². The second-order valence-corrected chi connectivity index (χ2v) is 5.79. The lowest BCUT2D eigenvalue weighted by Crippen LogP contribution is -2.30. The van der Waals surface area contributed by atoms with Gasteiger partial charge in [0.25, 0.3) is 5.91 Å². The van der Waals surface area contributed by atoms with Crippen molar-refractivity contribution in [1.82, 2.24) is 5.32 Å².